The Morgan fingerprint density at radius 1 is 0.741 bits per heavy atom. The van der Waals surface area contributed by atoms with Gasteiger partial charge in [-0.15, -0.1) is 0 Å². The summed E-state index contributed by atoms with van der Waals surface area (Å²) >= 11 is 11.6. The maximum Gasteiger partial charge on any atom is 0.345 e. The molecule has 0 spiro atoms. The quantitative estimate of drug-likeness (QED) is 0.0489. The summed E-state index contributed by atoms with van der Waals surface area (Å²) in [6, 6.07) is 8.68. The number of methoxy groups -OCH3 is 6. The Labute approximate surface area is 333 Å². The molecule has 0 atom stereocenters. The van der Waals surface area contributed by atoms with Crippen LogP contribution >= 0.6 is 43.5 Å². The fourth-order valence-corrected chi connectivity index (χ4v) is 4.67. The van der Waals surface area contributed by atoms with Crippen LogP contribution in [0.5, 0.6) is 23.0 Å². The van der Waals surface area contributed by atoms with Gasteiger partial charge in [-0.1, -0.05) is 11.6 Å². The molecule has 281 valence electrons. The van der Waals surface area contributed by atoms with E-state index in [2.05, 4.69) is 67.4 Å². The minimum atomic E-state index is -0.631. The van der Waals surface area contributed by atoms with E-state index in [1.807, 2.05) is 0 Å². The van der Waals surface area contributed by atoms with E-state index < -0.39 is 21.8 Å². The van der Waals surface area contributed by atoms with Gasteiger partial charge in [0.05, 0.1) is 52.5 Å². The Morgan fingerprint density at radius 2 is 1.11 bits per heavy atom. The normalized spacial score (nSPS) is 9.50. The Balaban J connectivity index is 0.000000426. The summed E-state index contributed by atoms with van der Waals surface area (Å²) in [6.45, 7) is 0. The van der Waals surface area contributed by atoms with Crippen LogP contribution in [0.3, 0.4) is 0 Å². The van der Waals surface area contributed by atoms with Gasteiger partial charge in [0.15, 0.2) is 0 Å². The van der Waals surface area contributed by atoms with E-state index in [0.717, 1.165) is 7.06 Å². The van der Waals surface area contributed by atoms with Gasteiger partial charge < -0.3 is 39.5 Å². The van der Waals surface area contributed by atoms with Crippen LogP contribution in [0.1, 0.15) is 20.7 Å². The van der Waals surface area contributed by atoms with Crippen molar-refractivity contribution in [1.29, 1.82) is 0 Å². The number of carbonyl (C=O) groups is 2. The molecule has 4 aromatic rings. The van der Waals surface area contributed by atoms with Crippen LogP contribution in [0.15, 0.2) is 57.7 Å². The van der Waals surface area contributed by atoms with Crippen molar-refractivity contribution in [3.8, 4) is 23.0 Å². The lowest BCUT2D eigenvalue weighted by Gasteiger charge is -2.14. The summed E-state index contributed by atoms with van der Waals surface area (Å²) in [5.74, 6) is -0.0841. The van der Waals surface area contributed by atoms with E-state index in [0.29, 0.717) is 31.8 Å². The first-order valence-electron chi connectivity index (χ1n) is 14.3. The van der Waals surface area contributed by atoms with Crippen LogP contribution in [0.25, 0.3) is 0 Å². The number of nitrogens with two attached hydrogens (primary N) is 1. The minimum absolute atomic E-state index is 0.0307. The molecular weight excluding hydrogens is 864 g/mol. The van der Waals surface area contributed by atoms with E-state index in [9.17, 15) is 29.8 Å². The number of benzene rings is 2. The van der Waals surface area contributed by atoms with Crippen molar-refractivity contribution < 1.29 is 47.9 Å². The molecule has 0 unspecified atom stereocenters. The van der Waals surface area contributed by atoms with Gasteiger partial charge in [0.2, 0.25) is 11.0 Å². The number of hydrogen-bond donors (Lipinski definition) is 2. The van der Waals surface area contributed by atoms with Crippen molar-refractivity contribution in [3.05, 3.63) is 94.2 Å². The van der Waals surface area contributed by atoms with Crippen LogP contribution in [0.2, 0.25) is 5.15 Å². The van der Waals surface area contributed by atoms with Crippen molar-refractivity contribution in [2.24, 2.45) is 0 Å². The van der Waals surface area contributed by atoms with Crippen molar-refractivity contribution >= 4 is 107 Å². The predicted octanol–water partition coefficient (Wildman–Crippen LogP) is 5.64. The maximum absolute atomic E-state index is 11.9. The number of esters is 2. The summed E-state index contributed by atoms with van der Waals surface area (Å²) in [6.07, 6.45) is 2.82. The highest BCUT2D eigenvalue weighted by Gasteiger charge is 2.23. The average molecular weight is 893 g/mol. The van der Waals surface area contributed by atoms with Gasteiger partial charge in [0.1, 0.15) is 34.1 Å². The third-order valence-electron chi connectivity index (χ3n) is 6.09. The second-order valence-corrected chi connectivity index (χ2v) is 11.5. The number of ether oxygens (including phenoxy) is 6. The molecule has 0 aliphatic rings. The molecule has 0 amide bonds. The largest absolute Gasteiger partial charge is 0.496 e. The highest BCUT2D eigenvalue weighted by atomic mass is 79.9. The molecule has 0 fully saturated rings. The number of pyridine rings is 2. The molecule has 5 radical (unpaired) electrons. The topological polar surface area (TPSA) is 240 Å². The number of hydrogen-bond acceptors (Lipinski definition) is 16. The number of halogens is 3. The van der Waals surface area contributed by atoms with E-state index in [1.54, 1.807) is 0 Å². The average Bonchev–Trinajstić information content (AvgIpc) is 3.15. The zero-order chi connectivity index (χ0) is 41.1. The van der Waals surface area contributed by atoms with Crippen LogP contribution in [0, 0.1) is 20.2 Å². The van der Waals surface area contributed by atoms with Gasteiger partial charge in [-0.05, 0) is 31.9 Å². The van der Waals surface area contributed by atoms with E-state index in [1.165, 1.54) is 91.5 Å². The number of aromatic nitrogens is 2. The van der Waals surface area contributed by atoms with Gasteiger partial charge in [-0.2, -0.15) is 0 Å². The predicted molar refractivity (Wildman–Crippen MR) is 209 cm³/mol. The third kappa shape index (κ3) is 13.6. The van der Waals surface area contributed by atoms with Gasteiger partial charge in [-0.3, -0.25) is 20.2 Å². The lowest BCUT2D eigenvalue weighted by molar-refractivity contribution is -0.385. The molecule has 0 aliphatic carbocycles. The molecule has 0 saturated carbocycles. The molecule has 2 aromatic carbocycles. The Hall–Kier alpha value is -5.28. The van der Waals surface area contributed by atoms with E-state index in [-0.39, 0.29) is 45.0 Å². The first-order chi connectivity index (χ1) is 25.6. The van der Waals surface area contributed by atoms with E-state index in [4.69, 9.17) is 41.0 Å². The second kappa shape index (κ2) is 23.4. The highest BCUT2D eigenvalue weighted by molar-refractivity contribution is 9.10. The SMILES string of the molecule is COC(=O)c1c(OC)cc(N)cc1OC.COC(=O)c1c(OC)cc(Nc2ncc(Br)cc2[N+](=O)[O-])cc1OC.O=[N+]([O-])c1cc(Br)cnc1Cl.[B][B][B]. The van der Waals surface area contributed by atoms with Gasteiger partial charge in [0, 0.05) is 91.6 Å². The fourth-order valence-electron chi connectivity index (χ4n) is 3.86. The number of rotatable bonds is 10. The molecular formula is C30H29B3Br2ClN6O12. The van der Waals surface area contributed by atoms with Crippen LogP contribution in [-0.4, -0.2) is 96.9 Å². The van der Waals surface area contributed by atoms with E-state index >= 15 is 0 Å². The monoisotopic (exact) mass is 891 g/mol. The zero-order valence-corrected chi connectivity index (χ0v) is 33.2. The maximum atomic E-state index is 11.9. The molecule has 18 nitrogen and oxygen atoms in total. The molecule has 2 aromatic heterocycles. The molecule has 24 heteroatoms. The smallest absolute Gasteiger partial charge is 0.345 e. The number of nitro groups is 2. The Morgan fingerprint density at radius 3 is 1.46 bits per heavy atom. The van der Waals surface area contributed by atoms with Gasteiger partial charge in [-0.25, -0.2) is 19.6 Å². The van der Waals surface area contributed by atoms with Crippen LogP contribution in [-0.2, 0) is 9.47 Å². The summed E-state index contributed by atoms with van der Waals surface area (Å²) in [5.41, 5.74) is 6.38. The van der Waals surface area contributed by atoms with Crippen molar-refractivity contribution in [2.45, 2.75) is 0 Å². The summed E-state index contributed by atoms with van der Waals surface area (Å²) in [5, 5.41) is 24.2. The summed E-state index contributed by atoms with van der Waals surface area (Å²) in [4.78, 5) is 51.2. The molecule has 0 saturated heterocycles. The molecule has 0 bridgehead atoms. The standard InChI is InChI=1S/C15H14BrN3O6.C10H13NO4.C5H2BrClN2O2.B3/c1-23-11-5-9(6-12(24-2)13(11)15(20)25-3)18-14-10(19(21)22)4-8(16)7-17-14;1-13-7-4-6(11)5-8(14-2)9(7)10(12)15-3;6-3-1-4(9(10)11)5(7)8-2-3;1-3-2/h4-7H,1-3H3,(H,17,18);4-5H,11H2,1-3H3;1-2H;. The van der Waals surface area contributed by atoms with Crippen molar-refractivity contribution in [3.63, 3.8) is 0 Å². The first kappa shape index (κ1) is 46.7. The van der Waals surface area contributed by atoms with Gasteiger partial charge >= 0.3 is 23.3 Å². The second-order valence-electron chi connectivity index (χ2n) is 9.36. The molecule has 0 aliphatic heterocycles. The Bertz CT molecular complexity index is 1900. The molecule has 4 rings (SSSR count). The Kier molecular flexibility index (Phi) is 20.3. The number of nitrogens with zero attached hydrogens (tertiary/aromatic N) is 4. The first-order valence-corrected chi connectivity index (χ1v) is 16.3. The number of nitrogens with one attached hydrogen (secondary N) is 1. The highest BCUT2D eigenvalue weighted by Crippen LogP contribution is 2.36. The minimum Gasteiger partial charge on any atom is -0.496 e. The fraction of sp³-hybridized carbons (Fsp3) is 0.200. The summed E-state index contributed by atoms with van der Waals surface area (Å²) < 4.78 is 30.8. The van der Waals surface area contributed by atoms with Crippen LogP contribution < -0.4 is 30.0 Å². The van der Waals surface area contributed by atoms with Gasteiger partial charge in [0.25, 0.3) is 0 Å². The lowest BCUT2D eigenvalue weighted by atomic mass is 9.40. The number of carbonyl (C=O) groups excluding carboxylic acids is 2. The zero-order valence-electron chi connectivity index (χ0n) is 29.2. The van der Waals surface area contributed by atoms with Crippen molar-refractivity contribution in [2.75, 3.05) is 53.7 Å². The molecule has 54 heavy (non-hydrogen) atoms. The lowest BCUT2D eigenvalue weighted by Crippen LogP contribution is -2.08. The number of nitrogen functional groups attached to an aromatic ring is 1. The third-order valence-corrected chi connectivity index (χ3v) is 7.25. The molecule has 3 N–H and O–H groups in total. The van der Waals surface area contributed by atoms with Crippen LogP contribution in [0.4, 0.5) is 28.6 Å². The number of anilines is 3. The summed E-state index contributed by atoms with van der Waals surface area (Å²) in [7, 11) is 18.2. The molecule has 2 heterocycles. The van der Waals surface area contributed by atoms with Crippen molar-refractivity contribution in [1.82, 2.24) is 9.97 Å².